The molecule has 2 aliphatic rings. The predicted octanol–water partition coefficient (Wildman–Crippen LogP) is 0.929. The largest absolute Gasteiger partial charge is 0.496 e. The van der Waals surface area contributed by atoms with E-state index in [0.717, 1.165) is 13.1 Å². The number of hydrogen-bond acceptors (Lipinski definition) is 7. The van der Waals surface area contributed by atoms with Gasteiger partial charge in [-0.2, -0.15) is 0 Å². The molecule has 3 heterocycles. The lowest BCUT2D eigenvalue weighted by Crippen LogP contribution is -2.62. The van der Waals surface area contributed by atoms with Gasteiger partial charge in [0.2, 0.25) is 5.91 Å². The second kappa shape index (κ2) is 8.91. The number of hydrogen-bond donors (Lipinski definition) is 2. The Morgan fingerprint density at radius 3 is 2.77 bits per heavy atom. The number of dihydropyridines is 1. The number of halogens is 1. The Kier molecular flexibility index (Phi) is 6.06. The lowest BCUT2D eigenvalue weighted by Gasteiger charge is -2.44. The van der Waals surface area contributed by atoms with E-state index in [2.05, 4.69) is 25.2 Å². The maximum absolute atomic E-state index is 14.0. The topological polar surface area (TPSA) is 106 Å². The molecule has 9 heteroatoms. The number of rotatable bonds is 6. The fourth-order valence-electron chi connectivity index (χ4n) is 4.36. The van der Waals surface area contributed by atoms with Gasteiger partial charge in [0.1, 0.15) is 23.9 Å². The minimum atomic E-state index is -0.865. The van der Waals surface area contributed by atoms with Gasteiger partial charge < -0.3 is 15.8 Å². The minimum absolute atomic E-state index is 0.317. The van der Waals surface area contributed by atoms with Gasteiger partial charge in [0.25, 0.3) is 0 Å². The van der Waals surface area contributed by atoms with Gasteiger partial charge in [-0.15, -0.1) is 0 Å². The molecule has 1 aromatic heterocycles. The van der Waals surface area contributed by atoms with Gasteiger partial charge in [-0.05, 0) is 30.3 Å². The molecule has 1 saturated heterocycles. The third-order valence-electron chi connectivity index (χ3n) is 5.79. The maximum Gasteiger partial charge on any atom is 0.236 e. The molecule has 1 fully saturated rings. The Hall–Kier alpha value is -3.17. The number of nitrogens with one attached hydrogen (secondary N) is 1. The molecule has 0 aliphatic carbocycles. The fraction of sp³-hybridized carbons (Fsp3) is 0.364. The van der Waals surface area contributed by atoms with Gasteiger partial charge >= 0.3 is 0 Å². The molecule has 3 N–H and O–H groups in total. The maximum atomic E-state index is 14.0. The molecule has 0 saturated carbocycles. The summed E-state index contributed by atoms with van der Waals surface area (Å²) >= 11 is 0. The lowest BCUT2D eigenvalue weighted by atomic mass is 9.74. The average molecular weight is 424 g/mol. The summed E-state index contributed by atoms with van der Waals surface area (Å²) in [5.41, 5.74) is 6.66. The van der Waals surface area contributed by atoms with Crippen LogP contribution in [0.5, 0.6) is 5.75 Å². The minimum Gasteiger partial charge on any atom is -0.496 e. The van der Waals surface area contributed by atoms with E-state index >= 15 is 0 Å². The first-order chi connectivity index (χ1) is 15.0. The molecule has 0 spiro atoms. The summed E-state index contributed by atoms with van der Waals surface area (Å²) in [5.74, 6) is -0.346. The highest BCUT2D eigenvalue weighted by Crippen LogP contribution is 2.37. The zero-order valence-electron chi connectivity index (χ0n) is 17.3. The van der Waals surface area contributed by atoms with Crippen molar-refractivity contribution in [1.29, 1.82) is 0 Å². The molecular weight excluding hydrogens is 399 g/mol. The normalized spacial score (nSPS) is 22.3. The monoisotopic (exact) mass is 424 g/mol. The number of allylic oxidation sites excluding steroid dienone is 1. The molecule has 1 amide bonds. The van der Waals surface area contributed by atoms with Crippen molar-refractivity contribution in [2.45, 2.75) is 11.5 Å². The lowest BCUT2D eigenvalue weighted by molar-refractivity contribution is -0.125. The van der Waals surface area contributed by atoms with Crippen molar-refractivity contribution in [1.82, 2.24) is 20.2 Å². The van der Waals surface area contributed by atoms with E-state index in [-0.39, 0.29) is 0 Å². The van der Waals surface area contributed by atoms with Crippen LogP contribution in [0.4, 0.5) is 4.39 Å². The predicted molar refractivity (Wildman–Crippen MR) is 116 cm³/mol. The highest BCUT2D eigenvalue weighted by Gasteiger charge is 2.47. The van der Waals surface area contributed by atoms with Gasteiger partial charge in [-0.25, -0.2) is 14.4 Å². The standard InChI is InChI=1S/C22H25FN6O2/c1-31-18-4-3-15(23)11-16(18)17-12-19(28-14-27-17)22(5-2-6-26-13-22)20(21(24)30)29-9-7-25-8-10-29/h2-6,11-12,14,20,25H,7-10,13H2,1H3,(H2,24,30). The molecule has 8 nitrogen and oxygen atoms in total. The summed E-state index contributed by atoms with van der Waals surface area (Å²) in [6.45, 7) is 3.22. The summed E-state index contributed by atoms with van der Waals surface area (Å²) in [6, 6.07) is 5.38. The number of primary amides is 1. The summed E-state index contributed by atoms with van der Waals surface area (Å²) in [5, 5.41) is 3.30. The second-order valence-corrected chi connectivity index (χ2v) is 7.61. The van der Waals surface area contributed by atoms with E-state index in [4.69, 9.17) is 10.5 Å². The van der Waals surface area contributed by atoms with Crippen LogP contribution in [-0.2, 0) is 10.2 Å². The summed E-state index contributed by atoms with van der Waals surface area (Å²) in [6.07, 6.45) is 6.86. The third-order valence-corrected chi connectivity index (χ3v) is 5.79. The van der Waals surface area contributed by atoms with Crippen molar-refractivity contribution in [3.63, 3.8) is 0 Å². The number of nitrogens with zero attached hydrogens (tertiary/aromatic N) is 4. The van der Waals surface area contributed by atoms with Crippen LogP contribution < -0.4 is 15.8 Å². The van der Waals surface area contributed by atoms with Gasteiger partial charge in [0.05, 0.1) is 30.5 Å². The zero-order chi connectivity index (χ0) is 21.8. The highest BCUT2D eigenvalue weighted by atomic mass is 19.1. The van der Waals surface area contributed by atoms with Crippen molar-refractivity contribution >= 4 is 12.1 Å². The molecule has 2 unspecified atom stereocenters. The van der Waals surface area contributed by atoms with Crippen LogP contribution >= 0.6 is 0 Å². The van der Waals surface area contributed by atoms with E-state index in [9.17, 15) is 9.18 Å². The number of amides is 1. The summed E-state index contributed by atoms with van der Waals surface area (Å²) < 4.78 is 19.4. The van der Waals surface area contributed by atoms with Gasteiger partial charge in [-0.3, -0.25) is 14.7 Å². The molecule has 2 atom stereocenters. The van der Waals surface area contributed by atoms with Crippen molar-refractivity contribution < 1.29 is 13.9 Å². The van der Waals surface area contributed by atoms with Crippen LogP contribution in [0.25, 0.3) is 11.3 Å². The van der Waals surface area contributed by atoms with Crippen LogP contribution in [0, 0.1) is 5.82 Å². The van der Waals surface area contributed by atoms with Crippen LogP contribution in [0.15, 0.2) is 47.7 Å². The van der Waals surface area contributed by atoms with Crippen LogP contribution in [0.3, 0.4) is 0 Å². The van der Waals surface area contributed by atoms with E-state index in [1.807, 2.05) is 12.2 Å². The quantitative estimate of drug-likeness (QED) is 0.715. The fourth-order valence-corrected chi connectivity index (χ4v) is 4.36. The molecule has 2 aromatic rings. The smallest absolute Gasteiger partial charge is 0.236 e. The van der Waals surface area contributed by atoms with E-state index < -0.39 is 23.2 Å². The first-order valence-electron chi connectivity index (χ1n) is 10.1. The van der Waals surface area contributed by atoms with Crippen molar-refractivity contribution in [2.24, 2.45) is 10.7 Å². The van der Waals surface area contributed by atoms with Crippen LogP contribution in [-0.4, -0.2) is 72.9 Å². The molecule has 1 aromatic carbocycles. The van der Waals surface area contributed by atoms with Crippen molar-refractivity contribution in [2.75, 3.05) is 39.8 Å². The molecule has 162 valence electrons. The number of methoxy groups -OCH3 is 1. The third kappa shape index (κ3) is 4.06. The number of piperazine rings is 1. The van der Waals surface area contributed by atoms with Crippen molar-refractivity contribution in [3.8, 4) is 17.0 Å². The van der Waals surface area contributed by atoms with Crippen LogP contribution in [0.1, 0.15) is 5.69 Å². The Balaban J connectivity index is 1.83. The summed E-state index contributed by atoms with van der Waals surface area (Å²) in [7, 11) is 1.52. The number of carbonyl (C=O) groups excluding carboxylic acids is 1. The zero-order valence-corrected chi connectivity index (χ0v) is 17.3. The van der Waals surface area contributed by atoms with Gasteiger partial charge in [0.15, 0.2) is 0 Å². The Labute approximate surface area is 180 Å². The van der Waals surface area contributed by atoms with E-state index in [1.54, 1.807) is 18.3 Å². The van der Waals surface area contributed by atoms with Gasteiger partial charge in [0, 0.05) is 38.0 Å². The molecule has 2 aliphatic heterocycles. The molecule has 0 bridgehead atoms. The molecular formula is C22H25FN6O2. The summed E-state index contributed by atoms with van der Waals surface area (Å²) in [4.78, 5) is 28.1. The number of ether oxygens (including phenoxy) is 1. The Morgan fingerprint density at radius 2 is 2.10 bits per heavy atom. The number of aliphatic imine (C=N–C) groups is 1. The number of aromatic nitrogens is 2. The second-order valence-electron chi connectivity index (χ2n) is 7.61. The van der Waals surface area contributed by atoms with Crippen LogP contribution in [0.2, 0.25) is 0 Å². The van der Waals surface area contributed by atoms with E-state index in [1.165, 1.54) is 25.6 Å². The molecule has 0 radical (unpaired) electrons. The first-order valence-corrected chi connectivity index (χ1v) is 10.1. The Morgan fingerprint density at radius 1 is 1.29 bits per heavy atom. The SMILES string of the molecule is COc1ccc(F)cc1-c1cc(C2(C(C(N)=O)N3CCNCC3)C=CC=NC2)ncn1. The average Bonchev–Trinajstić information content (AvgIpc) is 2.80. The molecule has 31 heavy (non-hydrogen) atoms. The van der Waals surface area contributed by atoms with E-state index in [0.29, 0.717) is 42.3 Å². The van der Waals surface area contributed by atoms with Gasteiger partial charge in [-0.1, -0.05) is 6.08 Å². The number of nitrogens with two attached hydrogens (primary N) is 1. The number of benzene rings is 1. The highest BCUT2D eigenvalue weighted by molar-refractivity contribution is 5.84. The molecule has 4 rings (SSSR count). The Bertz CT molecular complexity index is 1020. The first kappa shape index (κ1) is 21.1. The van der Waals surface area contributed by atoms with Crippen molar-refractivity contribution in [3.05, 3.63) is 54.3 Å². The number of carbonyl (C=O) groups is 1.